The van der Waals surface area contributed by atoms with E-state index in [4.69, 9.17) is 5.11 Å². The van der Waals surface area contributed by atoms with E-state index in [1.807, 2.05) is 0 Å². The van der Waals surface area contributed by atoms with Gasteiger partial charge < -0.3 is 10.4 Å². The normalized spacial score (nSPS) is 15.6. The van der Waals surface area contributed by atoms with Crippen molar-refractivity contribution in [1.82, 2.24) is 5.32 Å². The molecule has 2 N–H and O–H groups in total. The molecule has 1 amide bonds. The van der Waals surface area contributed by atoms with Crippen LogP contribution in [0, 0.1) is 16.0 Å². The van der Waals surface area contributed by atoms with Gasteiger partial charge in [0.1, 0.15) is 6.04 Å². The summed E-state index contributed by atoms with van der Waals surface area (Å²) in [5.41, 5.74) is 0.175. The quantitative estimate of drug-likeness (QED) is 0.469. The number of carbonyl (C=O) groups is 2. The Hall–Kier alpha value is -2.70. The zero-order chi connectivity index (χ0) is 15.4. The van der Waals surface area contributed by atoms with Crippen molar-refractivity contribution in [2.24, 2.45) is 5.92 Å². The molecule has 1 aromatic rings. The number of nitro benzene ring substituents is 1. The molecular formula is C14H14N2O5. The van der Waals surface area contributed by atoms with Gasteiger partial charge in [-0.3, -0.25) is 14.9 Å². The number of nitrogens with one attached hydrogen (secondary N) is 1. The number of benzene rings is 1. The van der Waals surface area contributed by atoms with Gasteiger partial charge in [0.15, 0.2) is 0 Å². The summed E-state index contributed by atoms with van der Waals surface area (Å²) in [4.78, 5) is 33.0. The second-order valence-electron chi connectivity index (χ2n) is 4.81. The second-order valence-corrected chi connectivity index (χ2v) is 4.81. The van der Waals surface area contributed by atoms with Crippen molar-refractivity contribution < 1.29 is 19.6 Å². The minimum Gasteiger partial charge on any atom is -0.480 e. The number of hydrogen-bond acceptors (Lipinski definition) is 4. The Morgan fingerprint density at radius 2 is 2.05 bits per heavy atom. The van der Waals surface area contributed by atoms with Crippen LogP contribution in [0.5, 0.6) is 0 Å². The van der Waals surface area contributed by atoms with Gasteiger partial charge in [-0.05, 0) is 30.9 Å². The monoisotopic (exact) mass is 290 g/mol. The average Bonchev–Trinajstić information content (AvgIpc) is 3.26. The van der Waals surface area contributed by atoms with Gasteiger partial charge >= 0.3 is 5.97 Å². The number of hydrogen-bond donors (Lipinski definition) is 2. The topological polar surface area (TPSA) is 110 Å². The van der Waals surface area contributed by atoms with Crippen LogP contribution in [0.4, 0.5) is 5.69 Å². The first-order valence-electron chi connectivity index (χ1n) is 6.44. The maximum Gasteiger partial charge on any atom is 0.326 e. The summed E-state index contributed by atoms with van der Waals surface area (Å²) in [6.07, 6.45) is 3.98. The largest absolute Gasteiger partial charge is 0.480 e. The zero-order valence-corrected chi connectivity index (χ0v) is 11.1. The second kappa shape index (κ2) is 6.17. The van der Waals surface area contributed by atoms with Gasteiger partial charge in [0.25, 0.3) is 5.69 Å². The molecule has 0 heterocycles. The molecule has 1 aromatic carbocycles. The highest BCUT2D eigenvalue weighted by molar-refractivity contribution is 5.95. The van der Waals surface area contributed by atoms with Gasteiger partial charge in [0.05, 0.1) is 10.5 Å². The number of amides is 1. The van der Waals surface area contributed by atoms with Crippen LogP contribution in [0.25, 0.3) is 6.08 Å². The number of nitro groups is 1. The lowest BCUT2D eigenvalue weighted by Gasteiger charge is -2.11. The molecule has 0 saturated heterocycles. The van der Waals surface area contributed by atoms with Gasteiger partial charge in [-0.25, -0.2) is 4.79 Å². The smallest absolute Gasteiger partial charge is 0.326 e. The van der Waals surface area contributed by atoms with E-state index in [9.17, 15) is 19.7 Å². The third kappa shape index (κ3) is 3.88. The number of nitrogens with zero attached hydrogens (tertiary/aromatic N) is 1. The molecule has 2 rings (SSSR count). The molecule has 7 heteroatoms. The van der Waals surface area contributed by atoms with Crippen LogP contribution in [-0.2, 0) is 9.59 Å². The predicted molar refractivity (Wildman–Crippen MR) is 74.4 cm³/mol. The molecule has 1 fully saturated rings. The summed E-state index contributed by atoms with van der Waals surface area (Å²) in [5.74, 6) is -1.66. The highest BCUT2D eigenvalue weighted by Gasteiger charge is 2.36. The van der Waals surface area contributed by atoms with Crippen LogP contribution in [-0.4, -0.2) is 27.9 Å². The Morgan fingerprint density at radius 3 is 2.62 bits per heavy atom. The molecule has 1 saturated carbocycles. The van der Waals surface area contributed by atoms with Crippen molar-refractivity contribution in [3.8, 4) is 0 Å². The highest BCUT2D eigenvalue weighted by atomic mass is 16.6. The van der Waals surface area contributed by atoms with Crippen LogP contribution in [0.15, 0.2) is 30.3 Å². The Kier molecular flexibility index (Phi) is 4.32. The van der Waals surface area contributed by atoms with Crippen molar-refractivity contribution in [3.63, 3.8) is 0 Å². The van der Waals surface area contributed by atoms with E-state index in [-0.39, 0.29) is 17.2 Å². The molecule has 0 aliphatic heterocycles. The first kappa shape index (κ1) is 14.7. The summed E-state index contributed by atoms with van der Waals surface area (Å²) in [7, 11) is 0. The minimum absolute atomic E-state index is 0.0223. The Balaban J connectivity index is 2.05. The molecule has 1 atom stereocenters. The van der Waals surface area contributed by atoms with E-state index in [0.29, 0.717) is 0 Å². The van der Waals surface area contributed by atoms with E-state index >= 15 is 0 Å². The van der Waals surface area contributed by atoms with E-state index in [1.54, 1.807) is 6.07 Å². The number of carboxylic acids is 1. The summed E-state index contributed by atoms with van der Waals surface area (Å²) >= 11 is 0. The lowest BCUT2D eigenvalue weighted by molar-refractivity contribution is -0.385. The summed E-state index contributed by atoms with van der Waals surface area (Å²) < 4.78 is 0. The molecule has 0 radical (unpaired) electrons. The SMILES string of the molecule is O=C(C=Cc1ccccc1[N+](=O)[O-])NC(C(=O)O)C1CC1. The highest BCUT2D eigenvalue weighted by Crippen LogP contribution is 2.32. The van der Waals surface area contributed by atoms with Crippen molar-refractivity contribution >= 4 is 23.6 Å². The van der Waals surface area contributed by atoms with Gasteiger partial charge in [-0.1, -0.05) is 12.1 Å². The molecule has 0 aromatic heterocycles. The van der Waals surface area contributed by atoms with Crippen molar-refractivity contribution in [2.45, 2.75) is 18.9 Å². The number of aliphatic carboxylic acids is 1. The third-order valence-corrected chi connectivity index (χ3v) is 3.20. The molecule has 1 aliphatic rings. The number of carbonyl (C=O) groups excluding carboxylic acids is 1. The molecule has 21 heavy (non-hydrogen) atoms. The van der Waals surface area contributed by atoms with Gasteiger partial charge in [-0.15, -0.1) is 0 Å². The number of para-hydroxylation sites is 1. The van der Waals surface area contributed by atoms with Crippen LogP contribution in [0.3, 0.4) is 0 Å². The minimum atomic E-state index is -1.06. The number of carboxylic acid groups (broad SMARTS) is 1. The maximum absolute atomic E-state index is 11.7. The fourth-order valence-electron chi connectivity index (χ4n) is 1.97. The van der Waals surface area contributed by atoms with Gasteiger partial charge in [0, 0.05) is 12.1 Å². The van der Waals surface area contributed by atoms with Crippen molar-refractivity contribution in [3.05, 3.63) is 46.0 Å². The molecular weight excluding hydrogens is 276 g/mol. The fraction of sp³-hybridized carbons (Fsp3) is 0.286. The molecule has 110 valence electrons. The summed E-state index contributed by atoms with van der Waals surface area (Å²) in [6, 6.07) is 5.10. The first-order valence-corrected chi connectivity index (χ1v) is 6.44. The average molecular weight is 290 g/mol. The third-order valence-electron chi connectivity index (χ3n) is 3.20. The van der Waals surface area contributed by atoms with Gasteiger partial charge in [-0.2, -0.15) is 0 Å². The summed E-state index contributed by atoms with van der Waals surface area (Å²) in [5, 5.41) is 22.2. The first-order chi connectivity index (χ1) is 9.99. The van der Waals surface area contributed by atoms with E-state index in [2.05, 4.69) is 5.32 Å². The van der Waals surface area contributed by atoms with Crippen molar-refractivity contribution in [2.75, 3.05) is 0 Å². The maximum atomic E-state index is 11.7. The van der Waals surface area contributed by atoms with Crippen LogP contribution in [0.2, 0.25) is 0 Å². The molecule has 0 spiro atoms. The van der Waals surface area contributed by atoms with E-state index < -0.39 is 22.8 Å². The fourth-order valence-corrected chi connectivity index (χ4v) is 1.97. The molecule has 0 bridgehead atoms. The standard InChI is InChI=1S/C14H14N2O5/c17-12(15-13(14(18)19)10-5-6-10)8-7-9-3-1-2-4-11(9)16(20)21/h1-4,7-8,10,13H,5-6H2,(H,15,17)(H,18,19). The van der Waals surface area contributed by atoms with E-state index in [1.165, 1.54) is 24.3 Å². The van der Waals surface area contributed by atoms with E-state index in [0.717, 1.165) is 18.9 Å². The lowest BCUT2D eigenvalue weighted by atomic mass is 10.1. The predicted octanol–water partition coefficient (Wildman–Crippen LogP) is 1.59. The molecule has 1 aliphatic carbocycles. The summed E-state index contributed by atoms with van der Waals surface area (Å²) in [6.45, 7) is 0. The van der Waals surface area contributed by atoms with Gasteiger partial charge in [0.2, 0.25) is 5.91 Å². The van der Waals surface area contributed by atoms with Crippen molar-refractivity contribution in [1.29, 1.82) is 0 Å². The Morgan fingerprint density at radius 1 is 1.38 bits per heavy atom. The van der Waals surface area contributed by atoms with Crippen LogP contribution in [0.1, 0.15) is 18.4 Å². The zero-order valence-electron chi connectivity index (χ0n) is 11.1. The lowest BCUT2D eigenvalue weighted by Crippen LogP contribution is -2.41. The van der Waals surface area contributed by atoms with Crippen LogP contribution >= 0.6 is 0 Å². The Bertz CT molecular complexity index is 607. The molecule has 7 nitrogen and oxygen atoms in total. The number of rotatable bonds is 6. The van der Waals surface area contributed by atoms with Crippen LogP contribution < -0.4 is 5.32 Å². The Labute approximate surface area is 120 Å². The molecule has 1 unspecified atom stereocenters.